The number of hydrogen-bond donors (Lipinski definition) is 1. The SMILES string of the molecule is COc1ccc(Nc2cc(C(=O)N3CCN(C=O)CC3)nc(C)n2)c(OC)c1. The number of nitrogens with zero attached hydrogens (tertiary/aromatic N) is 4. The average Bonchev–Trinajstić information content (AvgIpc) is 2.73. The summed E-state index contributed by atoms with van der Waals surface area (Å²) in [5.41, 5.74) is 1.00. The summed E-state index contributed by atoms with van der Waals surface area (Å²) in [6, 6.07) is 6.99. The summed E-state index contributed by atoms with van der Waals surface area (Å²) in [6.45, 7) is 3.74. The molecule has 148 valence electrons. The van der Waals surface area contributed by atoms with Crippen molar-refractivity contribution < 1.29 is 19.1 Å². The van der Waals surface area contributed by atoms with Crippen molar-refractivity contribution in [1.82, 2.24) is 19.8 Å². The van der Waals surface area contributed by atoms with E-state index in [1.165, 1.54) is 0 Å². The molecular weight excluding hydrogens is 362 g/mol. The van der Waals surface area contributed by atoms with E-state index in [1.54, 1.807) is 49.1 Å². The number of carbonyl (C=O) groups is 2. The summed E-state index contributed by atoms with van der Waals surface area (Å²) >= 11 is 0. The number of amides is 2. The van der Waals surface area contributed by atoms with Gasteiger partial charge in [-0.1, -0.05) is 0 Å². The molecule has 0 aliphatic carbocycles. The molecular formula is C19H23N5O4. The Morgan fingerprint density at radius 3 is 2.50 bits per heavy atom. The second-order valence-corrected chi connectivity index (χ2v) is 6.31. The summed E-state index contributed by atoms with van der Waals surface area (Å²) < 4.78 is 10.6. The summed E-state index contributed by atoms with van der Waals surface area (Å²) in [6.07, 6.45) is 0.806. The van der Waals surface area contributed by atoms with E-state index in [-0.39, 0.29) is 5.91 Å². The summed E-state index contributed by atoms with van der Waals surface area (Å²) in [4.78, 5) is 35.6. The Kier molecular flexibility index (Phi) is 5.93. The van der Waals surface area contributed by atoms with Crippen LogP contribution < -0.4 is 14.8 Å². The van der Waals surface area contributed by atoms with E-state index in [1.807, 2.05) is 6.07 Å². The predicted molar refractivity (Wildman–Crippen MR) is 103 cm³/mol. The number of nitrogens with one attached hydrogen (secondary N) is 1. The van der Waals surface area contributed by atoms with Crippen LogP contribution in [0.2, 0.25) is 0 Å². The van der Waals surface area contributed by atoms with Crippen molar-refractivity contribution in [3.63, 3.8) is 0 Å². The number of anilines is 2. The Labute approximate surface area is 163 Å². The largest absolute Gasteiger partial charge is 0.497 e. The molecule has 1 N–H and O–H groups in total. The molecule has 1 aromatic heterocycles. The Hall–Kier alpha value is -3.36. The van der Waals surface area contributed by atoms with Gasteiger partial charge < -0.3 is 24.6 Å². The van der Waals surface area contributed by atoms with Crippen molar-refractivity contribution in [2.45, 2.75) is 6.92 Å². The van der Waals surface area contributed by atoms with Gasteiger partial charge in [-0.3, -0.25) is 9.59 Å². The van der Waals surface area contributed by atoms with Crippen molar-refractivity contribution in [3.05, 3.63) is 35.8 Å². The molecule has 9 nitrogen and oxygen atoms in total. The summed E-state index contributed by atoms with van der Waals surface area (Å²) in [5.74, 6) is 2.05. The van der Waals surface area contributed by atoms with Gasteiger partial charge in [-0.25, -0.2) is 9.97 Å². The third-order valence-electron chi connectivity index (χ3n) is 4.48. The van der Waals surface area contributed by atoms with E-state index in [0.29, 0.717) is 60.7 Å². The molecule has 2 aromatic rings. The highest BCUT2D eigenvalue weighted by Gasteiger charge is 2.23. The fraction of sp³-hybridized carbons (Fsp3) is 0.368. The molecule has 1 saturated heterocycles. The van der Waals surface area contributed by atoms with Gasteiger partial charge in [0.05, 0.1) is 19.9 Å². The maximum Gasteiger partial charge on any atom is 0.272 e. The van der Waals surface area contributed by atoms with Gasteiger partial charge in [0.1, 0.15) is 28.8 Å². The smallest absolute Gasteiger partial charge is 0.272 e. The Bertz CT molecular complexity index is 865. The van der Waals surface area contributed by atoms with Crippen LogP contribution in [0.4, 0.5) is 11.5 Å². The minimum Gasteiger partial charge on any atom is -0.497 e. The number of ether oxygens (including phenoxy) is 2. The lowest BCUT2D eigenvalue weighted by Crippen LogP contribution is -2.48. The quantitative estimate of drug-likeness (QED) is 0.752. The van der Waals surface area contributed by atoms with Crippen molar-refractivity contribution in [1.29, 1.82) is 0 Å². The van der Waals surface area contributed by atoms with Gasteiger partial charge in [0.25, 0.3) is 5.91 Å². The number of hydrogen-bond acceptors (Lipinski definition) is 7. The van der Waals surface area contributed by atoms with Gasteiger partial charge in [-0.15, -0.1) is 0 Å². The molecule has 1 aliphatic rings. The molecule has 1 aromatic carbocycles. The highest BCUT2D eigenvalue weighted by Crippen LogP contribution is 2.31. The van der Waals surface area contributed by atoms with Crippen LogP contribution in [0.3, 0.4) is 0 Å². The molecule has 1 aliphatic heterocycles. The third-order valence-corrected chi connectivity index (χ3v) is 4.48. The lowest BCUT2D eigenvalue weighted by atomic mass is 10.2. The monoisotopic (exact) mass is 385 g/mol. The zero-order chi connectivity index (χ0) is 20.1. The highest BCUT2D eigenvalue weighted by atomic mass is 16.5. The lowest BCUT2D eigenvalue weighted by molar-refractivity contribution is -0.119. The lowest BCUT2D eigenvalue weighted by Gasteiger charge is -2.32. The molecule has 2 amide bonds. The first kappa shape index (κ1) is 19.4. The van der Waals surface area contributed by atoms with E-state index >= 15 is 0 Å². The van der Waals surface area contributed by atoms with Gasteiger partial charge in [-0.2, -0.15) is 0 Å². The number of carbonyl (C=O) groups excluding carboxylic acids is 2. The Balaban J connectivity index is 1.80. The van der Waals surface area contributed by atoms with Gasteiger partial charge in [0.2, 0.25) is 6.41 Å². The van der Waals surface area contributed by atoms with Crippen LogP contribution in [0.15, 0.2) is 24.3 Å². The third kappa shape index (κ3) is 4.30. The first-order valence-electron chi connectivity index (χ1n) is 8.87. The Morgan fingerprint density at radius 2 is 1.86 bits per heavy atom. The molecule has 0 unspecified atom stereocenters. The molecule has 0 radical (unpaired) electrons. The zero-order valence-corrected chi connectivity index (χ0v) is 16.1. The van der Waals surface area contributed by atoms with Crippen LogP contribution in [0.25, 0.3) is 0 Å². The number of benzene rings is 1. The molecule has 0 bridgehead atoms. The minimum atomic E-state index is -0.180. The first-order chi connectivity index (χ1) is 13.5. The minimum absolute atomic E-state index is 0.180. The molecule has 3 rings (SSSR count). The van der Waals surface area contributed by atoms with Crippen LogP contribution in [0.5, 0.6) is 11.5 Å². The summed E-state index contributed by atoms with van der Waals surface area (Å²) in [7, 11) is 3.15. The first-order valence-corrected chi connectivity index (χ1v) is 8.87. The highest BCUT2D eigenvalue weighted by molar-refractivity contribution is 5.93. The standard InChI is InChI=1S/C19H23N5O4/c1-13-20-16(19(26)24-8-6-23(12-25)7-9-24)11-18(21-13)22-15-5-4-14(27-2)10-17(15)28-3/h4-5,10-12H,6-9H2,1-3H3,(H,20,21,22). The predicted octanol–water partition coefficient (Wildman–Crippen LogP) is 1.46. The fourth-order valence-corrected chi connectivity index (χ4v) is 2.97. The second-order valence-electron chi connectivity index (χ2n) is 6.31. The van der Waals surface area contributed by atoms with Crippen LogP contribution in [0.1, 0.15) is 16.3 Å². The summed E-state index contributed by atoms with van der Waals surface area (Å²) in [5, 5.41) is 3.17. The van der Waals surface area contributed by atoms with Crippen LogP contribution in [0, 0.1) is 6.92 Å². The van der Waals surface area contributed by atoms with Crippen LogP contribution in [-0.4, -0.2) is 72.5 Å². The Morgan fingerprint density at radius 1 is 1.11 bits per heavy atom. The normalized spacial score (nSPS) is 13.8. The number of aryl methyl sites for hydroxylation is 1. The second kappa shape index (κ2) is 8.55. The number of aromatic nitrogens is 2. The molecule has 0 atom stereocenters. The molecule has 0 saturated carbocycles. The van der Waals surface area contributed by atoms with Crippen molar-refractivity contribution in [3.8, 4) is 11.5 Å². The van der Waals surface area contributed by atoms with Crippen molar-refractivity contribution in [2.24, 2.45) is 0 Å². The molecule has 28 heavy (non-hydrogen) atoms. The van der Waals surface area contributed by atoms with Gasteiger partial charge >= 0.3 is 0 Å². The van der Waals surface area contributed by atoms with Crippen LogP contribution >= 0.6 is 0 Å². The van der Waals surface area contributed by atoms with Gasteiger partial charge in [0.15, 0.2) is 0 Å². The molecule has 1 fully saturated rings. The maximum absolute atomic E-state index is 12.8. The molecule has 2 heterocycles. The number of rotatable bonds is 6. The van der Waals surface area contributed by atoms with Gasteiger partial charge in [-0.05, 0) is 19.1 Å². The van der Waals surface area contributed by atoms with Crippen LogP contribution in [-0.2, 0) is 4.79 Å². The van der Waals surface area contributed by atoms with E-state index in [0.717, 1.165) is 6.41 Å². The van der Waals surface area contributed by atoms with Gasteiger partial charge in [0, 0.05) is 38.3 Å². The van der Waals surface area contributed by atoms with Crippen molar-refractivity contribution >= 4 is 23.8 Å². The van der Waals surface area contributed by atoms with E-state index < -0.39 is 0 Å². The average molecular weight is 385 g/mol. The fourth-order valence-electron chi connectivity index (χ4n) is 2.97. The topological polar surface area (TPSA) is 96.9 Å². The number of methoxy groups -OCH3 is 2. The molecule has 0 spiro atoms. The molecule has 9 heteroatoms. The van der Waals surface area contributed by atoms with E-state index in [4.69, 9.17) is 9.47 Å². The van der Waals surface area contributed by atoms with E-state index in [9.17, 15) is 9.59 Å². The zero-order valence-electron chi connectivity index (χ0n) is 16.1. The van der Waals surface area contributed by atoms with E-state index in [2.05, 4.69) is 15.3 Å². The number of piperazine rings is 1. The maximum atomic E-state index is 12.8. The van der Waals surface area contributed by atoms with Crippen molar-refractivity contribution in [2.75, 3.05) is 45.7 Å².